The first kappa shape index (κ1) is 10.6. The Morgan fingerprint density at radius 3 is 2.14 bits per heavy atom. The molecule has 0 saturated heterocycles. The molecule has 0 saturated carbocycles. The standard InChI is InChI=1S/C11H15N3/c1-11(13,8-12)9-4-6-10(7-5-9)14(2)3/h4-7H,13H2,1-3H3. The van der Waals surface area contributed by atoms with Crippen LogP contribution in [0, 0.1) is 11.3 Å². The second-order valence-corrected chi connectivity index (χ2v) is 3.76. The predicted molar refractivity (Wildman–Crippen MR) is 57.9 cm³/mol. The summed E-state index contributed by atoms with van der Waals surface area (Å²) in [6, 6.07) is 9.76. The van der Waals surface area contributed by atoms with Gasteiger partial charge in [0, 0.05) is 19.8 Å². The Morgan fingerprint density at radius 1 is 1.29 bits per heavy atom. The van der Waals surface area contributed by atoms with Crippen molar-refractivity contribution in [2.24, 2.45) is 5.73 Å². The van der Waals surface area contributed by atoms with Gasteiger partial charge in [0.25, 0.3) is 0 Å². The van der Waals surface area contributed by atoms with Crippen LogP contribution in [0.15, 0.2) is 24.3 Å². The van der Waals surface area contributed by atoms with Crippen molar-refractivity contribution in [3.63, 3.8) is 0 Å². The van der Waals surface area contributed by atoms with E-state index >= 15 is 0 Å². The van der Waals surface area contributed by atoms with E-state index in [-0.39, 0.29) is 0 Å². The Labute approximate surface area is 84.7 Å². The number of nitriles is 1. The summed E-state index contributed by atoms with van der Waals surface area (Å²) < 4.78 is 0. The molecule has 0 spiro atoms. The molecule has 0 amide bonds. The number of hydrogen-bond acceptors (Lipinski definition) is 3. The molecule has 0 aliphatic carbocycles. The van der Waals surface area contributed by atoms with Crippen LogP contribution in [-0.2, 0) is 5.54 Å². The minimum absolute atomic E-state index is 0.839. The average molecular weight is 189 g/mol. The number of hydrogen-bond donors (Lipinski definition) is 1. The minimum atomic E-state index is -0.898. The van der Waals surface area contributed by atoms with Crippen LogP contribution in [-0.4, -0.2) is 14.1 Å². The van der Waals surface area contributed by atoms with Crippen LogP contribution in [0.1, 0.15) is 12.5 Å². The van der Waals surface area contributed by atoms with Crippen molar-refractivity contribution < 1.29 is 0 Å². The highest BCUT2D eigenvalue weighted by molar-refractivity contribution is 5.47. The Hall–Kier alpha value is -1.53. The second-order valence-electron chi connectivity index (χ2n) is 3.76. The highest BCUT2D eigenvalue weighted by Crippen LogP contribution is 2.20. The fourth-order valence-corrected chi connectivity index (χ4v) is 1.17. The van der Waals surface area contributed by atoms with Gasteiger partial charge in [0.05, 0.1) is 6.07 Å². The van der Waals surface area contributed by atoms with E-state index in [4.69, 9.17) is 11.0 Å². The third-order valence-corrected chi connectivity index (χ3v) is 2.22. The highest BCUT2D eigenvalue weighted by atomic mass is 15.1. The van der Waals surface area contributed by atoms with Crippen LogP contribution in [0.3, 0.4) is 0 Å². The summed E-state index contributed by atoms with van der Waals surface area (Å²) in [5, 5.41) is 8.84. The normalized spacial score (nSPS) is 14.2. The summed E-state index contributed by atoms with van der Waals surface area (Å²) in [7, 11) is 3.95. The lowest BCUT2D eigenvalue weighted by molar-refractivity contribution is 0.646. The number of anilines is 1. The second kappa shape index (κ2) is 3.69. The molecule has 2 N–H and O–H groups in total. The Kier molecular flexibility index (Phi) is 2.78. The molecular weight excluding hydrogens is 174 g/mol. The van der Waals surface area contributed by atoms with Gasteiger partial charge in [-0.25, -0.2) is 0 Å². The minimum Gasteiger partial charge on any atom is -0.378 e. The molecule has 1 aromatic carbocycles. The van der Waals surface area contributed by atoms with Crippen molar-refractivity contribution in [2.75, 3.05) is 19.0 Å². The highest BCUT2D eigenvalue weighted by Gasteiger charge is 2.19. The monoisotopic (exact) mass is 189 g/mol. The third kappa shape index (κ3) is 2.04. The predicted octanol–water partition coefficient (Wildman–Crippen LogP) is 1.45. The lowest BCUT2D eigenvalue weighted by Gasteiger charge is -2.18. The molecule has 1 atom stereocenters. The zero-order chi connectivity index (χ0) is 10.8. The topological polar surface area (TPSA) is 53.0 Å². The van der Waals surface area contributed by atoms with E-state index in [1.54, 1.807) is 6.92 Å². The van der Waals surface area contributed by atoms with Gasteiger partial charge in [0.1, 0.15) is 5.54 Å². The van der Waals surface area contributed by atoms with Crippen molar-refractivity contribution in [3.05, 3.63) is 29.8 Å². The number of nitrogens with zero attached hydrogens (tertiary/aromatic N) is 2. The first-order chi connectivity index (χ1) is 6.47. The van der Waals surface area contributed by atoms with Gasteiger partial charge in [-0.3, -0.25) is 0 Å². The van der Waals surface area contributed by atoms with Gasteiger partial charge in [0.2, 0.25) is 0 Å². The van der Waals surface area contributed by atoms with E-state index in [0.717, 1.165) is 11.3 Å². The quantitative estimate of drug-likeness (QED) is 0.766. The first-order valence-corrected chi connectivity index (χ1v) is 4.45. The van der Waals surface area contributed by atoms with Gasteiger partial charge in [-0.15, -0.1) is 0 Å². The van der Waals surface area contributed by atoms with Crippen LogP contribution >= 0.6 is 0 Å². The fourth-order valence-electron chi connectivity index (χ4n) is 1.17. The van der Waals surface area contributed by atoms with Gasteiger partial charge in [-0.2, -0.15) is 5.26 Å². The average Bonchev–Trinajstić information content (AvgIpc) is 2.18. The van der Waals surface area contributed by atoms with Crippen molar-refractivity contribution >= 4 is 5.69 Å². The summed E-state index contributed by atoms with van der Waals surface area (Å²) in [5.41, 5.74) is 6.83. The molecular formula is C11H15N3. The summed E-state index contributed by atoms with van der Waals surface area (Å²) >= 11 is 0. The third-order valence-electron chi connectivity index (χ3n) is 2.22. The lowest BCUT2D eigenvalue weighted by Crippen LogP contribution is -2.30. The first-order valence-electron chi connectivity index (χ1n) is 4.45. The van der Waals surface area contributed by atoms with E-state index in [1.165, 1.54) is 0 Å². The SMILES string of the molecule is CN(C)c1ccc(C(C)(N)C#N)cc1. The maximum atomic E-state index is 8.84. The van der Waals surface area contributed by atoms with E-state index in [2.05, 4.69) is 6.07 Å². The zero-order valence-corrected chi connectivity index (χ0v) is 8.78. The van der Waals surface area contributed by atoms with E-state index in [0.29, 0.717) is 0 Å². The number of nitrogens with two attached hydrogens (primary N) is 1. The van der Waals surface area contributed by atoms with Crippen molar-refractivity contribution in [3.8, 4) is 6.07 Å². The van der Waals surface area contributed by atoms with Gasteiger partial charge >= 0.3 is 0 Å². The van der Waals surface area contributed by atoms with Crippen LogP contribution in [0.4, 0.5) is 5.69 Å². The molecule has 14 heavy (non-hydrogen) atoms. The molecule has 0 radical (unpaired) electrons. The van der Waals surface area contributed by atoms with Gasteiger partial charge < -0.3 is 10.6 Å². The summed E-state index contributed by atoms with van der Waals surface area (Å²) in [5.74, 6) is 0. The molecule has 3 nitrogen and oxygen atoms in total. The lowest BCUT2D eigenvalue weighted by atomic mass is 9.95. The largest absolute Gasteiger partial charge is 0.378 e. The fraction of sp³-hybridized carbons (Fsp3) is 0.364. The van der Waals surface area contributed by atoms with E-state index in [1.807, 2.05) is 43.3 Å². The van der Waals surface area contributed by atoms with Crippen LogP contribution in [0.5, 0.6) is 0 Å². The molecule has 1 aromatic rings. The van der Waals surface area contributed by atoms with Crippen molar-refractivity contribution in [1.29, 1.82) is 5.26 Å². The van der Waals surface area contributed by atoms with Gasteiger partial charge in [-0.1, -0.05) is 12.1 Å². The summed E-state index contributed by atoms with van der Waals surface area (Å²) in [4.78, 5) is 2.00. The van der Waals surface area contributed by atoms with Crippen LogP contribution in [0.25, 0.3) is 0 Å². The van der Waals surface area contributed by atoms with E-state index in [9.17, 15) is 0 Å². The molecule has 0 aliphatic heterocycles. The Morgan fingerprint density at radius 2 is 1.79 bits per heavy atom. The maximum absolute atomic E-state index is 8.84. The molecule has 1 unspecified atom stereocenters. The molecule has 0 aliphatic rings. The number of benzene rings is 1. The Bertz CT molecular complexity index is 344. The summed E-state index contributed by atoms with van der Waals surface area (Å²) in [6.07, 6.45) is 0. The molecule has 3 heteroatoms. The molecule has 0 heterocycles. The van der Waals surface area contributed by atoms with Crippen LogP contribution < -0.4 is 10.6 Å². The van der Waals surface area contributed by atoms with Gasteiger partial charge in [0.15, 0.2) is 0 Å². The maximum Gasteiger partial charge on any atom is 0.126 e. The molecule has 0 aromatic heterocycles. The zero-order valence-electron chi connectivity index (χ0n) is 8.78. The molecule has 0 bridgehead atoms. The van der Waals surface area contributed by atoms with Crippen LogP contribution in [0.2, 0.25) is 0 Å². The number of rotatable bonds is 2. The Balaban J connectivity index is 3.01. The molecule has 1 rings (SSSR count). The van der Waals surface area contributed by atoms with Crippen molar-refractivity contribution in [2.45, 2.75) is 12.5 Å². The molecule has 0 fully saturated rings. The molecule has 74 valence electrons. The van der Waals surface area contributed by atoms with Gasteiger partial charge in [-0.05, 0) is 24.6 Å². The summed E-state index contributed by atoms with van der Waals surface area (Å²) in [6.45, 7) is 1.71. The smallest absolute Gasteiger partial charge is 0.126 e. The van der Waals surface area contributed by atoms with Crippen molar-refractivity contribution in [1.82, 2.24) is 0 Å². The van der Waals surface area contributed by atoms with E-state index < -0.39 is 5.54 Å².